The highest BCUT2D eigenvalue weighted by Gasteiger charge is 2.11. The molecular weight excluding hydrogens is 338 g/mol. The molecule has 3 rings (SSSR count). The molecule has 0 fully saturated rings. The standard InChI is InChI=1S/C22H27N3O2/c1-5-21-24-19-13-18(11-12-20(19)27-21)23-22(26)17-9-7-16(8-10-17)14-25(6-2)15(3)4/h7-13,15H,5-6,14H2,1-4H3,(H,23,26). The smallest absolute Gasteiger partial charge is 0.255 e. The third kappa shape index (κ3) is 4.55. The molecule has 27 heavy (non-hydrogen) atoms. The number of benzene rings is 2. The number of fused-ring (bicyclic) bond motifs is 1. The molecule has 0 spiro atoms. The monoisotopic (exact) mass is 365 g/mol. The third-order valence-electron chi connectivity index (χ3n) is 4.73. The number of carbonyl (C=O) groups excluding carboxylic acids is 1. The highest BCUT2D eigenvalue weighted by atomic mass is 16.3. The van der Waals surface area contributed by atoms with Crippen LogP contribution in [-0.2, 0) is 13.0 Å². The summed E-state index contributed by atoms with van der Waals surface area (Å²) in [5.74, 6) is 0.572. The first-order valence-electron chi connectivity index (χ1n) is 9.54. The van der Waals surface area contributed by atoms with Gasteiger partial charge in [0.2, 0.25) is 0 Å². The van der Waals surface area contributed by atoms with Gasteiger partial charge in [-0.25, -0.2) is 4.98 Å². The summed E-state index contributed by atoms with van der Waals surface area (Å²) in [7, 11) is 0. The van der Waals surface area contributed by atoms with Crippen LogP contribution in [0, 0.1) is 0 Å². The van der Waals surface area contributed by atoms with E-state index in [1.165, 1.54) is 5.56 Å². The zero-order chi connectivity index (χ0) is 19.4. The molecule has 0 unspecified atom stereocenters. The van der Waals surface area contributed by atoms with Crippen LogP contribution in [0.4, 0.5) is 5.69 Å². The first-order chi connectivity index (χ1) is 13.0. The van der Waals surface area contributed by atoms with Gasteiger partial charge in [0.25, 0.3) is 5.91 Å². The number of rotatable bonds is 7. The Morgan fingerprint density at radius 3 is 2.52 bits per heavy atom. The molecule has 5 heteroatoms. The van der Waals surface area contributed by atoms with Gasteiger partial charge in [0, 0.05) is 30.3 Å². The van der Waals surface area contributed by atoms with E-state index in [0.717, 1.165) is 30.6 Å². The van der Waals surface area contributed by atoms with E-state index in [9.17, 15) is 4.79 Å². The quantitative estimate of drug-likeness (QED) is 0.649. The SMILES string of the molecule is CCc1nc2cc(NC(=O)c3ccc(CN(CC)C(C)C)cc3)ccc2o1. The summed E-state index contributed by atoms with van der Waals surface area (Å²) >= 11 is 0. The van der Waals surface area contributed by atoms with Crippen molar-refractivity contribution in [1.82, 2.24) is 9.88 Å². The zero-order valence-electron chi connectivity index (χ0n) is 16.5. The predicted octanol–water partition coefficient (Wildman–Crippen LogP) is 4.87. The maximum absolute atomic E-state index is 12.5. The van der Waals surface area contributed by atoms with Gasteiger partial charge in [0.15, 0.2) is 11.5 Å². The van der Waals surface area contributed by atoms with Crippen molar-refractivity contribution in [3.63, 3.8) is 0 Å². The van der Waals surface area contributed by atoms with Gasteiger partial charge in [0.05, 0.1) is 0 Å². The van der Waals surface area contributed by atoms with Crippen molar-refractivity contribution < 1.29 is 9.21 Å². The van der Waals surface area contributed by atoms with Crippen LogP contribution in [0.25, 0.3) is 11.1 Å². The molecule has 1 amide bonds. The second-order valence-corrected chi connectivity index (χ2v) is 6.95. The normalized spacial score (nSPS) is 11.5. The molecule has 0 saturated carbocycles. The van der Waals surface area contributed by atoms with Crippen LogP contribution >= 0.6 is 0 Å². The van der Waals surface area contributed by atoms with Crippen molar-refractivity contribution in [3.05, 3.63) is 59.5 Å². The van der Waals surface area contributed by atoms with E-state index in [4.69, 9.17) is 4.42 Å². The Labute approximate surface area is 160 Å². The summed E-state index contributed by atoms with van der Waals surface area (Å²) in [6.07, 6.45) is 0.745. The molecule has 142 valence electrons. The number of nitrogens with one attached hydrogen (secondary N) is 1. The fraction of sp³-hybridized carbons (Fsp3) is 0.364. The van der Waals surface area contributed by atoms with Gasteiger partial charge in [-0.05, 0) is 56.3 Å². The molecule has 2 aromatic carbocycles. The van der Waals surface area contributed by atoms with E-state index in [1.54, 1.807) is 0 Å². The average Bonchev–Trinajstić information content (AvgIpc) is 3.08. The second kappa shape index (κ2) is 8.35. The predicted molar refractivity (Wildman–Crippen MR) is 109 cm³/mol. The minimum absolute atomic E-state index is 0.128. The van der Waals surface area contributed by atoms with Crippen LogP contribution < -0.4 is 5.32 Å². The lowest BCUT2D eigenvalue weighted by Gasteiger charge is -2.24. The largest absolute Gasteiger partial charge is 0.441 e. The number of aromatic nitrogens is 1. The van der Waals surface area contributed by atoms with Gasteiger partial charge in [-0.3, -0.25) is 9.69 Å². The molecule has 5 nitrogen and oxygen atoms in total. The van der Waals surface area contributed by atoms with Crippen molar-refractivity contribution in [2.24, 2.45) is 0 Å². The maximum atomic E-state index is 12.5. The van der Waals surface area contributed by atoms with E-state index in [0.29, 0.717) is 23.2 Å². The van der Waals surface area contributed by atoms with E-state index in [2.05, 4.69) is 36.0 Å². The van der Waals surface area contributed by atoms with Gasteiger partial charge in [0.1, 0.15) is 5.52 Å². The Bertz CT molecular complexity index is 913. The Morgan fingerprint density at radius 2 is 1.89 bits per heavy atom. The van der Waals surface area contributed by atoms with E-state index < -0.39 is 0 Å². The zero-order valence-corrected chi connectivity index (χ0v) is 16.5. The van der Waals surface area contributed by atoms with Gasteiger partial charge < -0.3 is 9.73 Å². The van der Waals surface area contributed by atoms with Crippen molar-refractivity contribution >= 4 is 22.7 Å². The number of nitrogens with zero attached hydrogens (tertiary/aromatic N) is 2. The fourth-order valence-corrected chi connectivity index (χ4v) is 3.06. The number of anilines is 1. The summed E-state index contributed by atoms with van der Waals surface area (Å²) in [5.41, 5.74) is 4.05. The summed E-state index contributed by atoms with van der Waals surface area (Å²) in [6.45, 7) is 10.4. The molecule has 0 bridgehead atoms. The average molecular weight is 365 g/mol. The maximum Gasteiger partial charge on any atom is 0.255 e. The Hall–Kier alpha value is -2.66. The number of oxazole rings is 1. The first kappa shape index (κ1) is 19.1. The molecule has 1 N–H and O–H groups in total. The Kier molecular flexibility index (Phi) is 5.91. The van der Waals surface area contributed by atoms with Crippen LogP contribution in [0.2, 0.25) is 0 Å². The molecule has 0 saturated heterocycles. The minimum atomic E-state index is -0.128. The molecule has 0 radical (unpaired) electrons. The van der Waals surface area contributed by atoms with Crippen LogP contribution in [0.1, 0.15) is 49.5 Å². The second-order valence-electron chi connectivity index (χ2n) is 6.95. The van der Waals surface area contributed by atoms with E-state index in [-0.39, 0.29) is 5.91 Å². The number of amides is 1. The van der Waals surface area contributed by atoms with Gasteiger partial charge in [-0.15, -0.1) is 0 Å². The highest BCUT2D eigenvalue weighted by Crippen LogP contribution is 2.21. The minimum Gasteiger partial charge on any atom is -0.441 e. The van der Waals surface area contributed by atoms with Crippen LogP contribution in [0.3, 0.4) is 0 Å². The molecule has 1 aromatic heterocycles. The summed E-state index contributed by atoms with van der Waals surface area (Å²) in [6, 6.07) is 13.8. The van der Waals surface area contributed by atoms with Gasteiger partial charge >= 0.3 is 0 Å². The van der Waals surface area contributed by atoms with Crippen molar-refractivity contribution in [3.8, 4) is 0 Å². The molecule has 0 atom stereocenters. The Morgan fingerprint density at radius 1 is 1.15 bits per heavy atom. The summed E-state index contributed by atoms with van der Waals surface area (Å²) in [4.78, 5) is 19.3. The molecular formula is C22H27N3O2. The third-order valence-corrected chi connectivity index (χ3v) is 4.73. The molecule has 1 heterocycles. The van der Waals surface area contributed by atoms with E-state index >= 15 is 0 Å². The van der Waals surface area contributed by atoms with Crippen molar-refractivity contribution in [2.75, 3.05) is 11.9 Å². The molecule has 0 aliphatic rings. The lowest BCUT2D eigenvalue weighted by atomic mass is 10.1. The Balaban J connectivity index is 1.69. The molecule has 0 aliphatic carbocycles. The molecule has 0 aliphatic heterocycles. The van der Waals surface area contributed by atoms with Crippen LogP contribution in [0.5, 0.6) is 0 Å². The highest BCUT2D eigenvalue weighted by molar-refractivity contribution is 6.04. The van der Waals surface area contributed by atoms with E-state index in [1.807, 2.05) is 49.4 Å². The van der Waals surface area contributed by atoms with Crippen LogP contribution in [-0.4, -0.2) is 28.4 Å². The summed E-state index contributed by atoms with van der Waals surface area (Å²) < 4.78 is 5.60. The van der Waals surface area contributed by atoms with Gasteiger partial charge in [-0.2, -0.15) is 0 Å². The van der Waals surface area contributed by atoms with Crippen molar-refractivity contribution in [2.45, 2.75) is 46.7 Å². The lowest BCUT2D eigenvalue weighted by Crippen LogP contribution is -2.29. The summed E-state index contributed by atoms with van der Waals surface area (Å²) in [5, 5.41) is 2.94. The fourth-order valence-electron chi connectivity index (χ4n) is 3.06. The van der Waals surface area contributed by atoms with Crippen molar-refractivity contribution in [1.29, 1.82) is 0 Å². The molecule has 3 aromatic rings. The number of hydrogen-bond acceptors (Lipinski definition) is 4. The van der Waals surface area contributed by atoms with Gasteiger partial charge in [-0.1, -0.05) is 26.0 Å². The number of carbonyl (C=O) groups is 1. The lowest BCUT2D eigenvalue weighted by molar-refractivity contribution is 0.102. The number of hydrogen-bond donors (Lipinski definition) is 1. The van der Waals surface area contributed by atoms with Crippen LogP contribution in [0.15, 0.2) is 46.9 Å². The first-order valence-corrected chi connectivity index (χ1v) is 9.54. The number of aryl methyl sites for hydroxylation is 1. The topological polar surface area (TPSA) is 58.4 Å².